The third-order valence-corrected chi connectivity index (χ3v) is 3.48. The maximum absolute atomic E-state index is 6.11. The number of nitrogens with zero attached hydrogens (tertiary/aromatic N) is 1. The first-order valence-corrected chi connectivity index (χ1v) is 6.73. The van der Waals surface area contributed by atoms with Crippen molar-refractivity contribution in [2.75, 3.05) is 11.1 Å². The van der Waals surface area contributed by atoms with Crippen LogP contribution in [0.15, 0.2) is 54.7 Å². The molecule has 0 bridgehead atoms. The molecule has 0 aliphatic carbocycles. The Labute approximate surface area is 122 Å². The molecule has 0 atom stereocenters. The number of nitrogen functional groups attached to an aromatic ring is 1. The van der Waals surface area contributed by atoms with E-state index < -0.39 is 0 Å². The number of hydrogen-bond acceptors (Lipinski definition) is 3. The molecule has 0 unspecified atom stereocenters. The SMILES string of the molecule is Nc1cnc(NCc2cccc3ccccc23)c(Cl)c1. The second-order valence-corrected chi connectivity index (χ2v) is 5.00. The third kappa shape index (κ3) is 2.53. The number of pyridine rings is 1. The number of fused-ring (bicyclic) bond motifs is 1. The number of rotatable bonds is 3. The molecule has 2 aromatic carbocycles. The van der Waals surface area contributed by atoms with Crippen molar-refractivity contribution in [3.8, 4) is 0 Å². The first-order valence-electron chi connectivity index (χ1n) is 6.35. The van der Waals surface area contributed by atoms with Crippen molar-refractivity contribution in [2.45, 2.75) is 6.54 Å². The molecule has 0 aliphatic heterocycles. The molecule has 0 saturated heterocycles. The van der Waals surface area contributed by atoms with Crippen molar-refractivity contribution in [3.05, 3.63) is 65.3 Å². The van der Waals surface area contributed by atoms with E-state index in [2.05, 4.69) is 40.6 Å². The predicted molar refractivity (Wildman–Crippen MR) is 84.9 cm³/mol. The van der Waals surface area contributed by atoms with E-state index in [1.165, 1.54) is 16.3 Å². The third-order valence-electron chi connectivity index (χ3n) is 3.19. The Morgan fingerprint density at radius 3 is 2.75 bits per heavy atom. The van der Waals surface area contributed by atoms with Crippen LogP contribution in [0.2, 0.25) is 5.02 Å². The van der Waals surface area contributed by atoms with Crippen molar-refractivity contribution in [1.29, 1.82) is 0 Å². The summed E-state index contributed by atoms with van der Waals surface area (Å²) >= 11 is 6.11. The minimum absolute atomic E-state index is 0.533. The van der Waals surface area contributed by atoms with Gasteiger partial charge < -0.3 is 11.1 Å². The fraction of sp³-hybridized carbons (Fsp3) is 0.0625. The highest BCUT2D eigenvalue weighted by molar-refractivity contribution is 6.33. The van der Waals surface area contributed by atoms with Crippen LogP contribution in [0.5, 0.6) is 0 Å². The molecule has 3 nitrogen and oxygen atoms in total. The van der Waals surface area contributed by atoms with Crippen LogP contribution in [-0.2, 0) is 6.54 Å². The van der Waals surface area contributed by atoms with Gasteiger partial charge in [0.15, 0.2) is 0 Å². The molecular weight excluding hydrogens is 270 g/mol. The normalized spacial score (nSPS) is 10.7. The molecule has 0 fully saturated rings. The van der Waals surface area contributed by atoms with Crippen molar-refractivity contribution < 1.29 is 0 Å². The average Bonchev–Trinajstić information content (AvgIpc) is 2.46. The summed E-state index contributed by atoms with van der Waals surface area (Å²) in [6.45, 7) is 0.665. The van der Waals surface area contributed by atoms with Gasteiger partial charge in [-0.25, -0.2) is 4.98 Å². The van der Waals surface area contributed by atoms with Crippen LogP contribution < -0.4 is 11.1 Å². The standard InChI is InChI=1S/C16H14ClN3/c17-15-8-13(18)10-20-16(15)19-9-12-6-3-5-11-4-1-2-7-14(11)12/h1-8,10H,9,18H2,(H,19,20). The van der Waals surface area contributed by atoms with Crippen molar-refractivity contribution in [2.24, 2.45) is 0 Å². The van der Waals surface area contributed by atoms with Gasteiger partial charge in [-0.1, -0.05) is 54.1 Å². The summed E-state index contributed by atoms with van der Waals surface area (Å²) < 4.78 is 0. The molecule has 0 spiro atoms. The first-order chi connectivity index (χ1) is 9.74. The highest BCUT2D eigenvalue weighted by atomic mass is 35.5. The summed E-state index contributed by atoms with van der Waals surface area (Å²) in [5.74, 6) is 0.647. The number of benzene rings is 2. The van der Waals surface area contributed by atoms with E-state index in [0.29, 0.717) is 23.1 Å². The van der Waals surface area contributed by atoms with Crippen LogP contribution in [0.25, 0.3) is 10.8 Å². The molecule has 0 amide bonds. The number of hydrogen-bond donors (Lipinski definition) is 2. The molecule has 0 aliphatic rings. The van der Waals surface area contributed by atoms with Crippen LogP contribution in [0, 0.1) is 0 Å². The molecule has 3 N–H and O–H groups in total. The summed E-state index contributed by atoms with van der Waals surface area (Å²) in [5, 5.41) is 6.24. The molecule has 4 heteroatoms. The minimum atomic E-state index is 0.533. The zero-order chi connectivity index (χ0) is 13.9. The number of halogens is 1. The lowest BCUT2D eigenvalue weighted by molar-refractivity contribution is 1.13. The topological polar surface area (TPSA) is 50.9 Å². The van der Waals surface area contributed by atoms with Gasteiger partial charge in [0, 0.05) is 6.54 Å². The fourth-order valence-electron chi connectivity index (χ4n) is 2.21. The van der Waals surface area contributed by atoms with Gasteiger partial charge >= 0.3 is 0 Å². The minimum Gasteiger partial charge on any atom is -0.397 e. The maximum Gasteiger partial charge on any atom is 0.145 e. The van der Waals surface area contributed by atoms with Gasteiger partial charge in [-0.3, -0.25) is 0 Å². The van der Waals surface area contributed by atoms with E-state index in [9.17, 15) is 0 Å². The largest absolute Gasteiger partial charge is 0.397 e. The summed E-state index contributed by atoms with van der Waals surface area (Å²) in [4.78, 5) is 4.20. The predicted octanol–water partition coefficient (Wildman–Crippen LogP) is 4.08. The molecule has 1 heterocycles. The molecule has 20 heavy (non-hydrogen) atoms. The van der Waals surface area contributed by atoms with Gasteiger partial charge in [0.1, 0.15) is 5.82 Å². The van der Waals surface area contributed by atoms with Gasteiger partial charge in [0.05, 0.1) is 16.9 Å². The molecular formula is C16H14ClN3. The zero-order valence-corrected chi connectivity index (χ0v) is 11.6. The van der Waals surface area contributed by atoms with Crippen LogP contribution in [0.3, 0.4) is 0 Å². The second kappa shape index (κ2) is 5.39. The molecule has 3 rings (SSSR count). The molecule has 0 radical (unpaired) electrons. The van der Waals surface area contributed by atoms with Crippen LogP contribution in [0.1, 0.15) is 5.56 Å². The van der Waals surface area contributed by atoms with Crippen molar-refractivity contribution in [1.82, 2.24) is 4.98 Å². The maximum atomic E-state index is 6.11. The number of nitrogens with one attached hydrogen (secondary N) is 1. The van der Waals surface area contributed by atoms with E-state index in [4.69, 9.17) is 17.3 Å². The first kappa shape index (κ1) is 12.8. The Kier molecular flexibility index (Phi) is 3.44. The van der Waals surface area contributed by atoms with E-state index in [-0.39, 0.29) is 0 Å². The lowest BCUT2D eigenvalue weighted by atomic mass is 10.0. The second-order valence-electron chi connectivity index (χ2n) is 4.59. The van der Waals surface area contributed by atoms with Gasteiger partial charge in [0.25, 0.3) is 0 Å². The Morgan fingerprint density at radius 2 is 1.90 bits per heavy atom. The number of nitrogens with two attached hydrogens (primary N) is 1. The van der Waals surface area contributed by atoms with E-state index >= 15 is 0 Å². The summed E-state index contributed by atoms with van der Waals surface area (Å²) in [7, 11) is 0. The smallest absolute Gasteiger partial charge is 0.145 e. The average molecular weight is 284 g/mol. The molecule has 100 valence electrons. The van der Waals surface area contributed by atoms with Crippen LogP contribution in [0.4, 0.5) is 11.5 Å². The van der Waals surface area contributed by atoms with E-state index in [1.54, 1.807) is 12.3 Å². The zero-order valence-electron chi connectivity index (χ0n) is 10.8. The highest BCUT2D eigenvalue weighted by Crippen LogP contribution is 2.23. The molecule has 0 saturated carbocycles. The van der Waals surface area contributed by atoms with Gasteiger partial charge in [0.2, 0.25) is 0 Å². The van der Waals surface area contributed by atoms with Gasteiger partial charge in [-0.15, -0.1) is 0 Å². The monoisotopic (exact) mass is 283 g/mol. The lowest BCUT2D eigenvalue weighted by Crippen LogP contribution is -2.03. The Bertz CT molecular complexity index is 750. The van der Waals surface area contributed by atoms with Crippen molar-refractivity contribution >= 4 is 33.9 Å². The number of aromatic nitrogens is 1. The van der Waals surface area contributed by atoms with E-state index in [1.807, 2.05) is 12.1 Å². The lowest BCUT2D eigenvalue weighted by Gasteiger charge is -2.10. The van der Waals surface area contributed by atoms with Crippen molar-refractivity contribution in [3.63, 3.8) is 0 Å². The Hall–Kier alpha value is -2.26. The number of anilines is 2. The Balaban J connectivity index is 1.87. The van der Waals surface area contributed by atoms with Crippen LogP contribution in [-0.4, -0.2) is 4.98 Å². The Morgan fingerprint density at radius 1 is 1.10 bits per heavy atom. The summed E-state index contributed by atoms with van der Waals surface area (Å²) in [5.41, 5.74) is 7.40. The summed E-state index contributed by atoms with van der Waals surface area (Å²) in [6.07, 6.45) is 1.59. The van der Waals surface area contributed by atoms with Gasteiger partial charge in [-0.05, 0) is 22.4 Å². The highest BCUT2D eigenvalue weighted by Gasteiger charge is 2.04. The summed E-state index contributed by atoms with van der Waals surface area (Å²) in [6, 6.07) is 16.3. The van der Waals surface area contributed by atoms with Crippen LogP contribution >= 0.6 is 11.6 Å². The quantitative estimate of drug-likeness (QED) is 0.761. The molecule has 3 aromatic rings. The van der Waals surface area contributed by atoms with E-state index in [0.717, 1.165) is 0 Å². The fourth-order valence-corrected chi connectivity index (χ4v) is 2.45. The van der Waals surface area contributed by atoms with Gasteiger partial charge in [-0.2, -0.15) is 0 Å². The molecule has 1 aromatic heterocycles.